The van der Waals surface area contributed by atoms with Gasteiger partial charge in [-0.25, -0.2) is 4.68 Å². The fourth-order valence-electron chi connectivity index (χ4n) is 0.906. The van der Waals surface area contributed by atoms with E-state index >= 15 is 0 Å². The minimum atomic E-state index is 0.316. The highest BCUT2D eigenvalue weighted by atomic mass is 15.4. The summed E-state index contributed by atoms with van der Waals surface area (Å²) in [6.07, 6.45) is 6.14. The van der Waals surface area contributed by atoms with Crippen LogP contribution in [0.2, 0.25) is 0 Å². The van der Waals surface area contributed by atoms with E-state index in [0.717, 1.165) is 0 Å². The highest BCUT2D eigenvalue weighted by Gasteiger charge is 2.39. The first-order valence-corrected chi connectivity index (χ1v) is 3.18. The molecule has 1 aromatic heterocycles. The summed E-state index contributed by atoms with van der Waals surface area (Å²) >= 11 is 0. The van der Waals surface area contributed by atoms with Crippen LogP contribution in [0.5, 0.6) is 0 Å². The Hall–Kier alpha value is -0.860. The number of aromatic nitrogens is 3. The molecule has 48 valence electrons. The monoisotopic (exact) mass is 123 g/mol. The maximum atomic E-state index is 3.92. The maximum Gasteiger partial charge on any atom is 0.0693 e. The van der Waals surface area contributed by atoms with Gasteiger partial charge >= 0.3 is 0 Å². The van der Waals surface area contributed by atoms with Crippen molar-refractivity contribution in [2.45, 2.75) is 25.3 Å². The van der Waals surface area contributed by atoms with E-state index in [1.807, 2.05) is 10.9 Å². The lowest BCUT2D eigenvalue weighted by atomic mass is 10.3. The molecule has 3 nitrogen and oxygen atoms in total. The van der Waals surface area contributed by atoms with Crippen molar-refractivity contribution in [3.05, 3.63) is 12.4 Å². The molecule has 1 heterocycles. The zero-order valence-electron chi connectivity index (χ0n) is 5.41. The molecule has 0 saturated heterocycles. The van der Waals surface area contributed by atoms with E-state index in [0.29, 0.717) is 5.54 Å². The first kappa shape index (κ1) is 4.97. The van der Waals surface area contributed by atoms with E-state index in [9.17, 15) is 0 Å². The molecule has 1 aliphatic rings. The molecule has 0 aromatic carbocycles. The Kier molecular flexibility index (Phi) is 0.743. The van der Waals surface area contributed by atoms with Crippen LogP contribution >= 0.6 is 0 Å². The molecule has 9 heavy (non-hydrogen) atoms. The second-order valence-corrected chi connectivity index (χ2v) is 2.84. The molecule has 0 amide bonds. The van der Waals surface area contributed by atoms with E-state index in [4.69, 9.17) is 0 Å². The van der Waals surface area contributed by atoms with Crippen molar-refractivity contribution < 1.29 is 0 Å². The minimum Gasteiger partial charge on any atom is -0.247 e. The third-order valence-corrected chi connectivity index (χ3v) is 1.95. The van der Waals surface area contributed by atoms with Gasteiger partial charge in [-0.3, -0.25) is 0 Å². The molecule has 0 aliphatic heterocycles. The smallest absolute Gasteiger partial charge is 0.0693 e. The van der Waals surface area contributed by atoms with Crippen molar-refractivity contribution in [1.29, 1.82) is 0 Å². The second-order valence-electron chi connectivity index (χ2n) is 2.84. The Labute approximate surface area is 53.7 Å². The third-order valence-electron chi connectivity index (χ3n) is 1.95. The molecule has 3 heteroatoms. The summed E-state index contributed by atoms with van der Waals surface area (Å²) in [4.78, 5) is 0. The molecule has 0 radical (unpaired) electrons. The summed E-state index contributed by atoms with van der Waals surface area (Å²) in [6.45, 7) is 2.20. The lowest BCUT2D eigenvalue weighted by Gasteiger charge is -2.04. The Morgan fingerprint density at radius 1 is 1.56 bits per heavy atom. The average Bonchev–Trinajstić information content (AvgIpc) is 2.46. The van der Waals surface area contributed by atoms with E-state index in [1.165, 1.54) is 12.8 Å². The molecule has 2 rings (SSSR count). The van der Waals surface area contributed by atoms with Crippen LogP contribution in [0.15, 0.2) is 12.4 Å². The van der Waals surface area contributed by atoms with E-state index < -0.39 is 0 Å². The zero-order chi connectivity index (χ0) is 6.32. The largest absolute Gasteiger partial charge is 0.247 e. The summed E-state index contributed by atoms with van der Waals surface area (Å²) in [7, 11) is 0. The number of hydrogen-bond acceptors (Lipinski definition) is 2. The summed E-state index contributed by atoms with van der Waals surface area (Å²) in [6, 6.07) is 0. The lowest BCUT2D eigenvalue weighted by Crippen LogP contribution is -2.12. The van der Waals surface area contributed by atoms with Gasteiger partial charge in [-0.05, 0) is 19.8 Å². The lowest BCUT2D eigenvalue weighted by molar-refractivity contribution is 0.458. The highest BCUT2D eigenvalue weighted by Crippen LogP contribution is 2.41. The van der Waals surface area contributed by atoms with Crippen LogP contribution in [0.1, 0.15) is 19.8 Å². The predicted molar refractivity (Wildman–Crippen MR) is 32.9 cm³/mol. The van der Waals surface area contributed by atoms with Gasteiger partial charge in [-0.15, -0.1) is 5.10 Å². The Morgan fingerprint density at radius 3 is 2.78 bits per heavy atom. The summed E-state index contributed by atoms with van der Waals surface area (Å²) in [5, 5.41) is 7.66. The third kappa shape index (κ3) is 0.642. The van der Waals surface area contributed by atoms with Crippen LogP contribution in [-0.4, -0.2) is 15.0 Å². The molecule has 1 aromatic rings. The molecule has 0 unspecified atom stereocenters. The van der Waals surface area contributed by atoms with Crippen LogP contribution in [0.3, 0.4) is 0 Å². The first-order chi connectivity index (χ1) is 4.31. The Bertz CT molecular complexity index is 198. The zero-order valence-corrected chi connectivity index (χ0v) is 5.41. The SMILES string of the molecule is CC1(n2ccnn2)CC1. The van der Waals surface area contributed by atoms with Gasteiger partial charge in [0.15, 0.2) is 0 Å². The molecular formula is C6H9N3. The van der Waals surface area contributed by atoms with Crippen molar-refractivity contribution in [1.82, 2.24) is 15.0 Å². The standard InChI is InChI=1S/C6H9N3/c1-6(2-3-6)9-5-4-7-8-9/h4-5H,2-3H2,1H3. The highest BCUT2D eigenvalue weighted by molar-refractivity contribution is 4.94. The quantitative estimate of drug-likeness (QED) is 0.552. The van der Waals surface area contributed by atoms with Gasteiger partial charge in [-0.2, -0.15) is 0 Å². The van der Waals surface area contributed by atoms with Crippen LogP contribution in [0, 0.1) is 0 Å². The summed E-state index contributed by atoms with van der Waals surface area (Å²) < 4.78 is 1.94. The van der Waals surface area contributed by atoms with Crippen LogP contribution in [-0.2, 0) is 5.54 Å². The van der Waals surface area contributed by atoms with Gasteiger partial charge in [-0.1, -0.05) is 5.21 Å². The molecule has 1 fully saturated rings. The van der Waals surface area contributed by atoms with Gasteiger partial charge in [0.1, 0.15) is 0 Å². The van der Waals surface area contributed by atoms with Gasteiger partial charge < -0.3 is 0 Å². The topological polar surface area (TPSA) is 30.7 Å². The van der Waals surface area contributed by atoms with Gasteiger partial charge in [0.2, 0.25) is 0 Å². The molecule has 1 saturated carbocycles. The van der Waals surface area contributed by atoms with Crippen molar-refractivity contribution in [3.8, 4) is 0 Å². The van der Waals surface area contributed by atoms with E-state index in [1.54, 1.807) is 6.20 Å². The van der Waals surface area contributed by atoms with Crippen LogP contribution < -0.4 is 0 Å². The van der Waals surface area contributed by atoms with Gasteiger partial charge in [0.05, 0.1) is 11.7 Å². The number of nitrogens with zero attached hydrogens (tertiary/aromatic N) is 3. The molecular weight excluding hydrogens is 114 g/mol. The Morgan fingerprint density at radius 2 is 2.33 bits per heavy atom. The van der Waals surface area contributed by atoms with Crippen LogP contribution in [0.25, 0.3) is 0 Å². The van der Waals surface area contributed by atoms with E-state index in [-0.39, 0.29) is 0 Å². The number of hydrogen-bond donors (Lipinski definition) is 0. The average molecular weight is 123 g/mol. The van der Waals surface area contributed by atoms with Crippen molar-refractivity contribution in [2.75, 3.05) is 0 Å². The van der Waals surface area contributed by atoms with Gasteiger partial charge in [0.25, 0.3) is 0 Å². The fraction of sp³-hybridized carbons (Fsp3) is 0.667. The molecule has 1 aliphatic carbocycles. The molecule has 0 N–H and O–H groups in total. The minimum absolute atomic E-state index is 0.316. The van der Waals surface area contributed by atoms with Gasteiger partial charge in [0, 0.05) is 6.20 Å². The van der Waals surface area contributed by atoms with Crippen molar-refractivity contribution in [3.63, 3.8) is 0 Å². The summed E-state index contributed by atoms with van der Waals surface area (Å²) in [5.74, 6) is 0. The normalized spacial score (nSPS) is 21.9. The fourth-order valence-corrected chi connectivity index (χ4v) is 0.906. The van der Waals surface area contributed by atoms with Crippen molar-refractivity contribution >= 4 is 0 Å². The van der Waals surface area contributed by atoms with Crippen molar-refractivity contribution in [2.24, 2.45) is 0 Å². The predicted octanol–water partition coefficient (Wildman–Crippen LogP) is 0.787. The Balaban J connectivity index is 2.34. The number of rotatable bonds is 1. The molecule has 0 atom stereocenters. The molecule has 0 bridgehead atoms. The summed E-state index contributed by atoms with van der Waals surface area (Å²) in [5.41, 5.74) is 0.316. The molecule has 0 spiro atoms. The van der Waals surface area contributed by atoms with Crippen LogP contribution in [0.4, 0.5) is 0 Å². The maximum absolute atomic E-state index is 3.92. The first-order valence-electron chi connectivity index (χ1n) is 3.18. The van der Waals surface area contributed by atoms with E-state index in [2.05, 4.69) is 17.2 Å². The second kappa shape index (κ2) is 1.35.